The topological polar surface area (TPSA) is 83.6 Å². The van der Waals surface area contributed by atoms with Crippen molar-refractivity contribution in [2.75, 3.05) is 16.2 Å². The molecule has 0 heterocycles. The summed E-state index contributed by atoms with van der Waals surface area (Å²) in [5, 5.41) is 3.09. The maximum atomic E-state index is 13.6. The Morgan fingerprint density at radius 1 is 0.825 bits per heavy atom. The highest BCUT2D eigenvalue weighted by Gasteiger charge is 2.28. The fraction of sp³-hybridized carbons (Fsp3) is 0.188. The Labute approximate surface area is 240 Å². The number of nitrogens with zero attached hydrogens (tertiary/aromatic N) is 1. The van der Waals surface area contributed by atoms with Crippen LogP contribution < -0.4 is 9.62 Å². The van der Waals surface area contributed by atoms with E-state index in [0.717, 1.165) is 9.87 Å². The van der Waals surface area contributed by atoms with E-state index in [4.69, 9.17) is 11.6 Å². The highest BCUT2D eigenvalue weighted by Crippen LogP contribution is 2.30. The SMILES string of the molecule is Cc1ccc(Cl)cc1N(CC(=O)Nc1cccc(C(=O)c2ccc(C(C)(C)C)cc2)c1)S(=O)(=O)c1ccccc1. The van der Waals surface area contributed by atoms with E-state index in [1.54, 1.807) is 73.7 Å². The van der Waals surface area contributed by atoms with Gasteiger partial charge in [0.25, 0.3) is 10.0 Å². The van der Waals surface area contributed by atoms with Gasteiger partial charge in [0.15, 0.2) is 5.78 Å². The minimum atomic E-state index is -4.09. The molecule has 0 saturated carbocycles. The first-order valence-corrected chi connectivity index (χ1v) is 14.6. The van der Waals surface area contributed by atoms with Crippen LogP contribution in [-0.2, 0) is 20.2 Å². The van der Waals surface area contributed by atoms with Crippen molar-refractivity contribution >= 4 is 44.7 Å². The van der Waals surface area contributed by atoms with Gasteiger partial charge in [0.2, 0.25) is 5.91 Å². The number of benzene rings is 4. The molecule has 0 aliphatic rings. The van der Waals surface area contributed by atoms with E-state index in [2.05, 4.69) is 26.1 Å². The van der Waals surface area contributed by atoms with Crippen molar-refractivity contribution < 1.29 is 18.0 Å². The van der Waals surface area contributed by atoms with Gasteiger partial charge in [-0.3, -0.25) is 13.9 Å². The number of carbonyl (C=O) groups is 2. The van der Waals surface area contributed by atoms with Gasteiger partial charge in [-0.1, -0.05) is 93.0 Å². The normalized spacial score (nSPS) is 11.6. The summed E-state index contributed by atoms with van der Waals surface area (Å²) in [7, 11) is -4.09. The summed E-state index contributed by atoms with van der Waals surface area (Å²) in [6.07, 6.45) is 0. The molecule has 206 valence electrons. The molecule has 4 aromatic carbocycles. The molecule has 0 saturated heterocycles. The Morgan fingerprint density at radius 2 is 1.50 bits per heavy atom. The molecule has 6 nitrogen and oxygen atoms in total. The number of sulfonamides is 1. The molecule has 4 rings (SSSR count). The monoisotopic (exact) mass is 574 g/mol. The Morgan fingerprint density at radius 3 is 2.15 bits per heavy atom. The minimum Gasteiger partial charge on any atom is -0.324 e. The maximum Gasteiger partial charge on any atom is 0.264 e. The van der Waals surface area contributed by atoms with Gasteiger partial charge in [-0.2, -0.15) is 0 Å². The second-order valence-electron chi connectivity index (χ2n) is 10.5. The highest BCUT2D eigenvalue weighted by molar-refractivity contribution is 7.92. The number of ketones is 1. The van der Waals surface area contributed by atoms with Crippen LogP contribution in [0.2, 0.25) is 5.02 Å². The first kappa shape index (κ1) is 29.1. The van der Waals surface area contributed by atoms with Crippen LogP contribution in [0.4, 0.5) is 11.4 Å². The lowest BCUT2D eigenvalue weighted by molar-refractivity contribution is -0.114. The van der Waals surface area contributed by atoms with Crippen LogP contribution in [0.15, 0.2) is 102 Å². The van der Waals surface area contributed by atoms with E-state index in [-0.39, 0.29) is 16.1 Å². The number of anilines is 2. The molecule has 1 amide bonds. The molecule has 0 aromatic heterocycles. The summed E-state index contributed by atoms with van der Waals surface area (Å²) in [5.41, 5.74) is 3.35. The van der Waals surface area contributed by atoms with E-state index in [9.17, 15) is 18.0 Å². The molecule has 0 unspecified atom stereocenters. The Kier molecular flexibility index (Phi) is 8.47. The van der Waals surface area contributed by atoms with Crippen LogP contribution in [0.1, 0.15) is 47.8 Å². The summed E-state index contributed by atoms with van der Waals surface area (Å²) < 4.78 is 28.3. The van der Waals surface area contributed by atoms with Crippen molar-refractivity contribution in [1.29, 1.82) is 0 Å². The molecule has 0 fully saturated rings. The summed E-state index contributed by atoms with van der Waals surface area (Å²) in [4.78, 5) is 26.4. The van der Waals surface area contributed by atoms with Gasteiger partial charge in [-0.25, -0.2) is 8.42 Å². The minimum absolute atomic E-state index is 0.0305. The number of amides is 1. The Balaban J connectivity index is 1.59. The molecular formula is C32H31ClN2O4S. The van der Waals surface area contributed by atoms with Gasteiger partial charge in [-0.05, 0) is 59.9 Å². The fourth-order valence-corrected chi connectivity index (χ4v) is 5.89. The Bertz CT molecular complexity index is 1640. The van der Waals surface area contributed by atoms with Crippen molar-refractivity contribution in [2.24, 2.45) is 0 Å². The van der Waals surface area contributed by atoms with Crippen molar-refractivity contribution in [3.05, 3.63) is 124 Å². The van der Waals surface area contributed by atoms with Crippen LogP contribution in [0.25, 0.3) is 0 Å². The van der Waals surface area contributed by atoms with Crippen LogP contribution >= 0.6 is 11.6 Å². The molecule has 0 radical (unpaired) electrons. The molecule has 40 heavy (non-hydrogen) atoms. The zero-order valence-corrected chi connectivity index (χ0v) is 24.4. The van der Waals surface area contributed by atoms with Crippen molar-refractivity contribution in [1.82, 2.24) is 0 Å². The first-order chi connectivity index (χ1) is 18.9. The second-order valence-corrected chi connectivity index (χ2v) is 12.8. The van der Waals surface area contributed by atoms with E-state index in [1.165, 1.54) is 18.2 Å². The molecule has 0 atom stereocenters. The second kappa shape index (κ2) is 11.7. The number of aryl methyl sites for hydroxylation is 1. The molecule has 0 bridgehead atoms. The standard InChI is InChI=1S/C32H31ClN2O4S/c1-22-13-18-26(33)20-29(22)35(40(38,39)28-11-6-5-7-12-28)21-30(36)34-27-10-8-9-24(19-27)31(37)23-14-16-25(17-15-23)32(2,3)4/h5-20H,21H2,1-4H3,(H,34,36). The largest absolute Gasteiger partial charge is 0.324 e. The van der Waals surface area contributed by atoms with Crippen molar-refractivity contribution in [3.8, 4) is 0 Å². The summed E-state index contributed by atoms with van der Waals surface area (Å²) in [6.45, 7) is 7.58. The van der Waals surface area contributed by atoms with Gasteiger partial charge in [0.1, 0.15) is 6.54 Å². The maximum absolute atomic E-state index is 13.6. The lowest BCUT2D eigenvalue weighted by Crippen LogP contribution is -2.38. The smallest absolute Gasteiger partial charge is 0.264 e. The molecule has 0 aliphatic carbocycles. The van der Waals surface area contributed by atoms with E-state index >= 15 is 0 Å². The summed E-state index contributed by atoms with van der Waals surface area (Å²) >= 11 is 6.20. The van der Waals surface area contributed by atoms with Crippen LogP contribution in [-0.4, -0.2) is 26.7 Å². The van der Waals surface area contributed by atoms with Gasteiger partial charge >= 0.3 is 0 Å². The van der Waals surface area contributed by atoms with Crippen LogP contribution in [0, 0.1) is 6.92 Å². The zero-order valence-electron chi connectivity index (χ0n) is 22.8. The average Bonchev–Trinajstić information content (AvgIpc) is 2.93. The third kappa shape index (κ3) is 6.61. The number of halogens is 1. The number of hydrogen-bond acceptors (Lipinski definition) is 4. The third-order valence-electron chi connectivity index (χ3n) is 6.48. The van der Waals surface area contributed by atoms with Crippen LogP contribution in [0.3, 0.4) is 0 Å². The van der Waals surface area contributed by atoms with E-state index < -0.39 is 22.5 Å². The predicted octanol–water partition coefficient (Wildman–Crippen LogP) is 7.01. The first-order valence-electron chi connectivity index (χ1n) is 12.8. The number of nitrogens with one attached hydrogen (secondary N) is 1. The average molecular weight is 575 g/mol. The molecule has 8 heteroatoms. The molecular weight excluding hydrogens is 544 g/mol. The summed E-state index contributed by atoms with van der Waals surface area (Å²) in [6, 6.07) is 26.9. The lowest BCUT2D eigenvalue weighted by atomic mass is 9.86. The van der Waals surface area contributed by atoms with Gasteiger partial charge in [0, 0.05) is 21.8 Å². The van der Waals surface area contributed by atoms with Crippen molar-refractivity contribution in [3.63, 3.8) is 0 Å². The quantitative estimate of drug-likeness (QED) is 0.229. The van der Waals surface area contributed by atoms with E-state index in [1.807, 2.05) is 12.1 Å². The van der Waals surface area contributed by atoms with Gasteiger partial charge in [-0.15, -0.1) is 0 Å². The Hall–Kier alpha value is -3.94. The van der Waals surface area contributed by atoms with Crippen molar-refractivity contribution in [2.45, 2.75) is 38.0 Å². The van der Waals surface area contributed by atoms with Gasteiger partial charge < -0.3 is 5.32 Å². The highest BCUT2D eigenvalue weighted by atomic mass is 35.5. The van der Waals surface area contributed by atoms with Gasteiger partial charge in [0.05, 0.1) is 10.6 Å². The number of carbonyl (C=O) groups excluding carboxylic acids is 2. The third-order valence-corrected chi connectivity index (χ3v) is 8.49. The number of hydrogen-bond donors (Lipinski definition) is 1. The van der Waals surface area contributed by atoms with Crippen LogP contribution in [0.5, 0.6) is 0 Å². The molecule has 4 aromatic rings. The predicted molar refractivity (Wildman–Crippen MR) is 161 cm³/mol. The van der Waals surface area contributed by atoms with E-state index in [0.29, 0.717) is 33.1 Å². The molecule has 0 spiro atoms. The number of rotatable bonds is 8. The summed E-state index contributed by atoms with van der Waals surface area (Å²) in [5.74, 6) is -0.752. The molecule has 0 aliphatic heterocycles. The lowest BCUT2D eigenvalue weighted by Gasteiger charge is -2.26. The fourth-order valence-electron chi connectivity index (χ4n) is 4.23. The zero-order chi connectivity index (χ0) is 29.1. The molecule has 1 N–H and O–H groups in total.